The number of nitrogens with one attached hydrogen (secondary N) is 1. The van der Waals surface area contributed by atoms with Gasteiger partial charge in [-0.15, -0.1) is 0 Å². The molecule has 3 rings (SSSR count). The number of amides is 4. The normalized spacial score (nSPS) is 19.5. The molecule has 1 aromatic carbocycles. The van der Waals surface area contributed by atoms with Gasteiger partial charge in [0.1, 0.15) is 5.57 Å². The van der Waals surface area contributed by atoms with Crippen LogP contribution in [0.3, 0.4) is 0 Å². The van der Waals surface area contributed by atoms with Crippen molar-refractivity contribution < 1.29 is 23.9 Å². The maximum absolute atomic E-state index is 13.0. The Bertz CT molecular complexity index is 846. The highest BCUT2D eigenvalue weighted by atomic mass is 79.9. The highest BCUT2D eigenvalue weighted by Crippen LogP contribution is 2.38. The molecule has 1 heterocycles. The van der Waals surface area contributed by atoms with Crippen molar-refractivity contribution in [3.8, 4) is 11.5 Å². The van der Waals surface area contributed by atoms with Gasteiger partial charge >= 0.3 is 6.03 Å². The van der Waals surface area contributed by atoms with E-state index in [0.29, 0.717) is 34.7 Å². The SMILES string of the molecule is CCOc1cc(/C=C2/C(=O)NC(=O)N(C3CCCCC3)C2=O)cc(Br)c1OCC. The first-order valence-corrected chi connectivity index (χ1v) is 10.7. The predicted molar refractivity (Wildman–Crippen MR) is 112 cm³/mol. The molecule has 0 aromatic heterocycles. The minimum Gasteiger partial charge on any atom is -0.490 e. The molecule has 1 aliphatic carbocycles. The molecule has 1 aliphatic heterocycles. The molecule has 156 valence electrons. The molecular formula is C21H25BrN2O5. The van der Waals surface area contributed by atoms with Crippen LogP contribution in [0.4, 0.5) is 4.79 Å². The highest BCUT2D eigenvalue weighted by molar-refractivity contribution is 9.10. The second kappa shape index (κ2) is 9.43. The lowest BCUT2D eigenvalue weighted by molar-refractivity contribution is -0.132. The van der Waals surface area contributed by atoms with E-state index in [1.165, 1.54) is 11.0 Å². The molecule has 2 fully saturated rings. The molecule has 4 amide bonds. The number of rotatable bonds is 6. The standard InChI is InChI=1S/C21H25BrN2O5/c1-3-28-17-12-13(11-16(22)18(17)29-4-2)10-15-19(25)23-21(27)24(20(15)26)14-8-6-5-7-9-14/h10-12,14H,3-9H2,1-2H3,(H,23,25,27)/b15-10-. The van der Waals surface area contributed by atoms with Gasteiger partial charge in [0.15, 0.2) is 11.5 Å². The van der Waals surface area contributed by atoms with E-state index in [0.717, 1.165) is 32.1 Å². The lowest BCUT2D eigenvalue weighted by Gasteiger charge is -2.35. The van der Waals surface area contributed by atoms with Crippen molar-refractivity contribution in [2.45, 2.75) is 52.0 Å². The van der Waals surface area contributed by atoms with Crippen LogP contribution in [-0.2, 0) is 9.59 Å². The summed E-state index contributed by atoms with van der Waals surface area (Å²) in [6, 6.07) is 2.67. The van der Waals surface area contributed by atoms with E-state index < -0.39 is 17.8 Å². The van der Waals surface area contributed by atoms with E-state index in [2.05, 4.69) is 21.2 Å². The molecule has 0 atom stereocenters. The van der Waals surface area contributed by atoms with Gasteiger partial charge < -0.3 is 9.47 Å². The number of imide groups is 2. The Labute approximate surface area is 178 Å². The van der Waals surface area contributed by atoms with Gasteiger partial charge in [0.05, 0.1) is 17.7 Å². The molecule has 1 saturated heterocycles. The first-order chi connectivity index (χ1) is 14.0. The lowest BCUT2D eigenvalue weighted by Crippen LogP contribution is -2.58. The summed E-state index contributed by atoms with van der Waals surface area (Å²) in [7, 11) is 0. The third kappa shape index (κ3) is 4.63. The van der Waals surface area contributed by atoms with Crippen LogP contribution in [0.5, 0.6) is 11.5 Å². The van der Waals surface area contributed by atoms with Gasteiger partial charge in [0.25, 0.3) is 11.8 Å². The molecule has 0 spiro atoms. The Hall–Kier alpha value is -2.35. The number of halogens is 1. The first kappa shape index (κ1) is 21.4. The van der Waals surface area contributed by atoms with Gasteiger partial charge in [-0.25, -0.2) is 4.79 Å². The lowest BCUT2D eigenvalue weighted by atomic mass is 9.93. The summed E-state index contributed by atoms with van der Waals surface area (Å²) in [5, 5.41) is 2.30. The summed E-state index contributed by atoms with van der Waals surface area (Å²) in [6.45, 7) is 4.65. The van der Waals surface area contributed by atoms with Gasteiger partial charge in [0, 0.05) is 6.04 Å². The number of hydrogen-bond acceptors (Lipinski definition) is 5. The zero-order chi connectivity index (χ0) is 21.0. The number of carbonyl (C=O) groups is 3. The second-order valence-corrected chi connectivity index (χ2v) is 7.83. The summed E-state index contributed by atoms with van der Waals surface area (Å²) < 4.78 is 11.9. The number of carbonyl (C=O) groups excluding carboxylic acids is 3. The van der Waals surface area contributed by atoms with Crippen LogP contribution in [-0.4, -0.2) is 42.0 Å². The number of barbiturate groups is 1. The van der Waals surface area contributed by atoms with Crippen LogP contribution in [0.2, 0.25) is 0 Å². The van der Waals surface area contributed by atoms with Crippen molar-refractivity contribution >= 4 is 39.9 Å². The fourth-order valence-electron chi connectivity index (χ4n) is 3.73. The minimum absolute atomic E-state index is 0.0614. The number of benzene rings is 1. The highest BCUT2D eigenvalue weighted by Gasteiger charge is 2.40. The average molecular weight is 465 g/mol. The summed E-state index contributed by atoms with van der Waals surface area (Å²) in [5.74, 6) is -0.155. The van der Waals surface area contributed by atoms with Crippen molar-refractivity contribution in [3.63, 3.8) is 0 Å². The maximum Gasteiger partial charge on any atom is 0.331 e. The summed E-state index contributed by atoms with van der Waals surface area (Å²) >= 11 is 3.46. The van der Waals surface area contributed by atoms with Crippen LogP contribution in [0.1, 0.15) is 51.5 Å². The van der Waals surface area contributed by atoms with Crippen LogP contribution < -0.4 is 14.8 Å². The van der Waals surface area contributed by atoms with E-state index in [4.69, 9.17) is 9.47 Å². The summed E-state index contributed by atoms with van der Waals surface area (Å²) in [6.07, 6.45) is 6.06. The van der Waals surface area contributed by atoms with Crippen molar-refractivity contribution in [1.29, 1.82) is 0 Å². The Morgan fingerprint density at radius 3 is 2.45 bits per heavy atom. The van der Waals surface area contributed by atoms with Crippen LogP contribution in [0.25, 0.3) is 6.08 Å². The Kier molecular flexibility index (Phi) is 6.95. The van der Waals surface area contributed by atoms with Crippen LogP contribution >= 0.6 is 15.9 Å². The van der Waals surface area contributed by atoms with E-state index in [1.54, 1.807) is 12.1 Å². The van der Waals surface area contributed by atoms with Gasteiger partial charge in [0.2, 0.25) is 0 Å². The fourth-order valence-corrected chi connectivity index (χ4v) is 4.30. The Morgan fingerprint density at radius 2 is 1.79 bits per heavy atom. The van der Waals surface area contributed by atoms with Gasteiger partial charge in [-0.2, -0.15) is 0 Å². The third-order valence-corrected chi connectivity index (χ3v) is 5.59. The van der Waals surface area contributed by atoms with E-state index >= 15 is 0 Å². The molecule has 0 unspecified atom stereocenters. The van der Waals surface area contributed by atoms with Crippen molar-refractivity contribution in [2.75, 3.05) is 13.2 Å². The van der Waals surface area contributed by atoms with Crippen molar-refractivity contribution in [1.82, 2.24) is 10.2 Å². The van der Waals surface area contributed by atoms with Crippen molar-refractivity contribution in [3.05, 3.63) is 27.7 Å². The molecule has 8 heteroatoms. The topological polar surface area (TPSA) is 84.9 Å². The number of nitrogens with zero attached hydrogens (tertiary/aromatic N) is 1. The summed E-state index contributed by atoms with van der Waals surface area (Å²) in [5.41, 5.74) is 0.536. The van der Waals surface area contributed by atoms with E-state index in [9.17, 15) is 14.4 Å². The molecule has 7 nitrogen and oxygen atoms in total. The summed E-state index contributed by atoms with van der Waals surface area (Å²) in [4.78, 5) is 39.0. The van der Waals surface area contributed by atoms with Gasteiger partial charge in [-0.05, 0) is 66.4 Å². The predicted octanol–water partition coefficient (Wildman–Crippen LogP) is 4.04. The van der Waals surface area contributed by atoms with Gasteiger partial charge in [-0.3, -0.25) is 19.8 Å². The molecular weight excluding hydrogens is 440 g/mol. The number of hydrogen-bond donors (Lipinski definition) is 1. The monoisotopic (exact) mass is 464 g/mol. The fraction of sp³-hybridized carbons (Fsp3) is 0.476. The molecule has 29 heavy (non-hydrogen) atoms. The van der Waals surface area contributed by atoms with Crippen LogP contribution in [0.15, 0.2) is 22.2 Å². The Morgan fingerprint density at radius 1 is 1.10 bits per heavy atom. The number of ether oxygens (including phenoxy) is 2. The zero-order valence-electron chi connectivity index (χ0n) is 16.6. The van der Waals surface area contributed by atoms with Crippen molar-refractivity contribution in [2.24, 2.45) is 0 Å². The molecule has 1 saturated carbocycles. The first-order valence-electron chi connectivity index (χ1n) is 9.96. The second-order valence-electron chi connectivity index (χ2n) is 6.98. The molecule has 1 N–H and O–H groups in total. The zero-order valence-corrected chi connectivity index (χ0v) is 18.2. The van der Waals surface area contributed by atoms with Gasteiger partial charge in [-0.1, -0.05) is 19.3 Å². The molecule has 2 aliphatic rings. The number of urea groups is 1. The van der Waals surface area contributed by atoms with E-state index in [1.807, 2.05) is 13.8 Å². The minimum atomic E-state index is -0.685. The largest absolute Gasteiger partial charge is 0.490 e. The average Bonchev–Trinajstić information content (AvgIpc) is 2.69. The molecule has 1 aromatic rings. The third-order valence-electron chi connectivity index (χ3n) is 5.00. The van der Waals surface area contributed by atoms with Crippen LogP contribution in [0, 0.1) is 0 Å². The maximum atomic E-state index is 13.0. The molecule has 0 radical (unpaired) electrons. The Balaban J connectivity index is 1.96. The van der Waals surface area contributed by atoms with E-state index in [-0.39, 0.29) is 11.6 Å². The smallest absolute Gasteiger partial charge is 0.331 e. The quantitative estimate of drug-likeness (QED) is 0.507. The molecule has 0 bridgehead atoms.